The third-order valence-electron chi connectivity index (χ3n) is 10.8. The SMILES string of the molecule is CC/C=C\C/C=C\C[C@H](O)[C@H]1O[C@H](C/C=C\C/C=C\CC)[C@@H](/C=C/[C@@H]2C[C@H]2[C@H]2CCCC(=O)O2)[C@@H]1[C@H](O)[C@@H]1C[C@H]1[C@H]1CCCC(=O)O1. The monoisotopic (exact) mass is 650 g/mol. The zero-order valence-electron chi connectivity index (χ0n) is 28.5. The van der Waals surface area contributed by atoms with Crippen LogP contribution in [0.4, 0.5) is 0 Å². The maximum Gasteiger partial charge on any atom is 0.306 e. The number of hydrogen-bond donors (Lipinski definition) is 2. The number of carbonyl (C=O) groups excluding carboxylic acids is 2. The normalized spacial score (nSPS) is 37.4. The van der Waals surface area contributed by atoms with Gasteiger partial charge in [-0.3, -0.25) is 9.59 Å². The molecule has 3 aliphatic heterocycles. The molecule has 0 amide bonds. The number of aliphatic hydroxyl groups is 2. The number of cyclic esters (lactones) is 2. The van der Waals surface area contributed by atoms with E-state index in [1.54, 1.807) is 0 Å². The number of ether oxygens (including phenoxy) is 3. The van der Waals surface area contributed by atoms with Gasteiger partial charge in [0.1, 0.15) is 12.2 Å². The molecule has 260 valence electrons. The summed E-state index contributed by atoms with van der Waals surface area (Å²) in [7, 11) is 0. The molecule has 2 aliphatic carbocycles. The first kappa shape index (κ1) is 35.8. The minimum atomic E-state index is -0.751. The quantitative estimate of drug-likeness (QED) is 0.126. The average molecular weight is 651 g/mol. The molecule has 0 aromatic carbocycles. The molecule has 0 aromatic rings. The molecule has 3 saturated heterocycles. The van der Waals surface area contributed by atoms with E-state index in [4.69, 9.17) is 14.2 Å². The molecule has 47 heavy (non-hydrogen) atoms. The van der Waals surface area contributed by atoms with Crippen molar-refractivity contribution in [1.29, 1.82) is 0 Å². The molecule has 5 fully saturated rings. The molecule has 2 N–H and O–H groups in total. The fraction of sp³-hybridized carbons (Fsp3) is 0.700. The lowest BCUT2D eigenvalue weighted by atomic mass is 9.77. The largest absolute Gasteiger partial charge is 0.462 e. The molecule has 0 aromatic heterocycles. The second kappa shape index (κ2) is 17.8. The third-order valence-corrected chi connectivity index (χ3v) is 10.8. The van der Waals surface area contributed by atoms with Crippen LogP contribution < -0.4 is 0 Å². The van der Waals surface area contributed by atoms with Crippen molar-refractivity contribution in [3.8, 4) is 0 Å². The van der Waals surface area contributed by atoms with E-state index in [9.17, 15) is 19.8 Å². The predicted molar refractivity (Wildman–Crippen MR) is 183 cm³/mol. The van der Waals surface area contributed by atoms with Crippen LogP contribution >= 0.6 is 0 Å². The lowest BCUT2D eigenvalue weighted by Crippen LogP contribution is -2.41. The maximum atomic E-state index is 12.1. The first-order chi connectivity index (χ1) is 22.9. The molecule has 0 unspecified atom stereocenters. The van der Waals surface area contributed by atoms with Crippen molar-refractivity contribution in [3.63, 3.8) is 0 Å². The smallest absolute Gasteiger partial charge is 0.306 e. The van der Waals surface area contributed by atoms with Crippen molar-refractivity contribution in [2.24, 2.45) is 35.5 Å². The van der Waals surface area contributed by atoms with Crippen molar-refractivity contribution in [2.45, 2.75) is 140 Å². The van der Waals surface area contributed by atoms with Gasteiger partial charge in [-0.25, -0.2) is 0 Å². The number of allylic oxidation sites excluding steroid dienone is 7. The summed E-state index contributed by atoms with van der Waals surface area (Å²) in [4.78, 5) is 24.0. The summed E-state index contributed by atoms with van der Waals surface area (Å²) >= 11 is 0. The molecule has 5 aliphatic rings. The van der Waals surface area contributed by atoms with Gasteiger partial charge in [0.05, 0.1) is 24.4 Å². The van der Waals surface area contributed by atoms with Gasteiger partial charge >= 0.3 is 11.9 Å². The Kier molecular flexibility index (Phi) is 13.6. The van der Waals surface area contributed by atoms with Crippen molar-refractivity contribution in [1.82, 2.24) is 0 Å². The first-order valence-corrected chi connectivity index (χ1v) is 18.6. The van der Waals surface area contributed by atoms with E-state index in [2.05, 4.69) is 68.5 Å². The summed E-state index contributed by atoms with van der Waals surface area (Å²) < 4.78 is 18.2. The fourth-order valence-corrected chi connectivity index (χ4v) is 8.13. The van der Waals surface area contributed by atoms with Crippen LogP contribution in [0.25, 0.3) is 0 Å². The molecule has 0 spiro atoms. The number of carbonyl (C=O) groups is 2. The van der Waals surface area contributed by atoms with Crippen LogP contribution in [0.5, 0.6) is 0 Å². The summed E-state index contributed by atoms with van der Waals surface area (Å²) in [5.74, 6) is 0.282. The van der Waals surface area contributed by atoms with Crippen LogP contribution in [0.15, 0.2) is 60.8 Å². The zero-order chi connectivity index (χ0) is 33.2. The second-order valence-corrected chi connectivity index (χ2v) is 14.3. The Morgan fingerprint density at radius 2 is 1.38 bits per heavy atom. The molecule has 0 radical (unpaired) electrons. The summed E-state index contributed by atoms with van der Waals surface area (Å²) in [6, 6.07) is 0. The van der Waals surface area contributed by atoms with Gasteiger partial charge in [-0.1, -0.05) is 74.6 Å². The summed E-state index contributed by atoms with van der Waals surface area (Å²) in [6.07, 6.45) is 30.5. The number of aliphatic hydroxyl groups excluding tert-OH is 2. The van der Waals surface area contributed by atoms with Gasteiger partial charge in [-0.15, -0.1) is 0 Å². The van der Waals surface area contributed by atoms with Crippen LogP contribution in [0.1, 0.15) is 104 Å². The Labute approximate surface area is 282 Å². The van der Waals surface area contributed by atoms with Gasteiger partial charge < -0.3 is 24.4 Å². The van der Waals surface area contributed by atoms with Gasteiger partial charge in [0, 0.05) is 36.5 Å². The maximum absolute atomic E-state index is 12.1. The molecule has 3 heterocycles. The topological polar surface area (TPSA) is 102 Å². The lowest BCUT2D eigenvalue weighted by Gasteiger charge is -2.31. The molecule has 5 rings (SSSR count). The highest BCUT2D eigenvalue weighted by atomic mass is 16.6. The summed E-state index contributed by atoms with van der Waals surface area (Å²) in [6.45, 7) is 4.24. The molecule has 12 atom stereocenters. The number of rotatable bonds is 17. The van der Waals surface area contributed by atoms with Gasteiger partial charge in [-0.2, -0.15) is 0 Å². The molecule has 2 saturated carbocycles. The van der Waals surface area contributed by atoms with Crippen LogP contribution in [-0.2, 0) is 23.8 Å². The third kappa shape index (κ3) is 10.0. The van der Waals surface area contributed by atoms with Crippen molar-refractivity contribution in [3.05, 3.63) is 60.8 Å². The van der Waals surface area contributed by atoms with Gasteiger partial charge in [-0.05, 0) is 88.9 Å². The van der Waals surface area contributed by atoms with E-state index in [-0.39, 0.29) is 53.9 Å². The van der Waals surface area contributed by atoms with Crippen LogP contribution in [-0.4, -0.2) is 58.8 Å². The second-order valence-electron chi connectivity index (χ2n) is 14.3. The summed E-state index contributed by atoms with van der Waals surface area (Å²) in [5, 5.41) is 23.7. The Bertz CT molecular complexity index is 1170. The van der Waals surface area contributed by atoms with E-state index >= 15 is 0 Å². The minimum Gasteiger partial charge on any atom is -0.462 e. The van der Waals surface area contributed by atoms with E-state index in [1.807, 2.05) is 6.08 Å². The highest BCUT2D eigenvalue weighted by molar-refractivity contribution is 5.70. The molecular weight excluding hydrogens is 592 g/mol. The van der Waals surface area contributed by atoms with Gasteiger partial charge in [0.25, 0.3) is 0 Å². The Hall–Kier alpha value is -2.48. The van der Waals surface area contributed by atoms with E-state index < -0.39 is 18.3 Å². The predicted octanol–water partition coefficient (Wildman–Crippen LogP) is 7.33. The van der Waals surface area contributed by atoms with Crippen molar-refractivity contribution in [2.75, 3.05) is 0 Å². The van der Waals surface area contributed by atoms with E-state index in [0.717, 1.165) is 64.2 Å². The van der Waals surface area contributed by atoms with Crippen LogP contribution in [0.3, 0.4) is 0 Å². The minimum absolute atomic E-state index is 0.000904. The van der Waals surface area contributed by atoms with E-state index in [0.29, 0.717) is 37.5 Å². The lowest BCUT2D eigenvalue weighted by molar-refractivity contribution is -0.156. The zero-order valence-corrected chi connectivity index (χ0v) is 28.5. The number of esters is 2. The summed E-state index contributed by atoms with van der Waals surface area (Å²) in [5.41, 5.74) is 0. The van der Waals surface area contributed by atoms with E-state index in [1.165, 1.54) is 0 Å². The molecule has 7 heteroatoms. The van der Waals surface area contributed by atoms with Gasteiger partial charge in [0.15, 0.2) is 0 Å². The fourth-order valence-electron chi connectivity index (χ4n) is 8.13. The van der Waals surface area contributed by atoms with Crippen LogP contribution in [0, 0.1) is 35.5 Å². The highest BCUT2D eigenvalue weighted by Gasteiger charge is 2.57. The van der Waals surface area contributed by atoms with Crippen LogP contribution in [0.2, 0.25) is 0 Å². The molecule has 0 bridgehead atoms. The van der Waals surface area contributed by atoms with Gasteiger partial charge in [0.2, 0.25) is 0 Å². The van der Waals surface area contributed by atoms with Crippen molar-refractivity contribution < 1.29 is 34.0 Å². The Balaban J connectivity index is 1.34. The standard InChI is InChI=1S/C40H58O7/c1-3-5-7-9-11-13-17-32(41)40-38(39(44)31-26-30(31)35-20-16-22-37(43)46-35)28(33(47-40)18-14-12-10-8-6-4-2)24-23-27-25-29(27)34-19-15-21-36(42)45-34/h5-8,11-14,23-24,27-35,38-41,44H,3-4,9-10,15-22,25-26H2,1-2H3/b7-5-,8-6-,13-11-,14-12-,24-23+/t27-,28-,29-,30-,31-,32+,33-,34-,35-,38-,39-,40-/m1/s1. The Morgan fingerprint density at radius 3 is 2.02 bits per heavy atom. The first-order valence-electron chi connectivity index (χ1n) is 18.6. The number of hydrogen-bond acceptors (Lipinski definition) is 7. The molecule has 7 nitrogen and oxygen atoms in total. The van der Waals surface area contributed by atoms with Crippen molar-refractivity contribution >= 4 is 11.9 Å². The Morgan fingerprint density at radius 1 is 0.766 bits per heavy atom. The average Bonchev–Trinajstić information content (AvgIpc) is 3.99. The highest BCUT2D eigenvalue weighted by Crippen LogP contribution is 2.53. The molecular formula is C40H58O7.